The quantitative estimate of drug-likeness (QED) is 0.349. The second kappa shape index (κ2) is 11.2. The van der Waals surface area contributed by atoms with E-state index in [9.17, 15) is 5.26 Å². The normalized spacial score (nSPS) is 12.4. The number of hydrogen-bond acceptors (Lipinski definition) is 4. The van der Waals surface area contributed by atoms with Crippen molar-refractivity contribution in [3.63, 3.8) is 0 Å². The second-order valence-electron chi connectivity index (χ2n) is 9.06. The van der Waals surface area contributed by atoms with Gasteiger partial charge in [0, 0.05) is 23.7 Å². The zero-order chi connectivity index (χ0) is 23.9. The number of benzene rings is 3. The van der Waals surface area contributed by atoms with Crippen molar-refractivity contribution in [2.45, 2.75) is 52.2 Å². The molecule has 1 aliphatic carbocycles. The fraction of sp³-hybridized carbons (Fsp3) is 0.367. The molecule has 0 saturated carbocycles. The van der Waals surface area contributed by atoms with E-state index in [0.717, 1.165) is 60.5 Å². The van der Waals surface area contributed by atoms with E-state index in [1.165, 1.54) is 29.5 Å². The summed E-state index contributed by atoms with van der Waals surface area (Å²) in [6.45, 7) is 4.56. The maximum Gasteiger partial charge on any atom is 0.127 e. The van der Waals surface area contributed by atoms with Gasteiger partial charge in [-0.3, -0.25) is 0 Å². The van der Waals surface area contributed by atoms with Crippen LogP contribution >= 0.6 is 0 Å². The molecule has 176 valence electrons. The smallest absolute Gasteiger partial charge is 0.127 e. The van der Waals surface area contributed by atoms with Crippen LogP contribution in [0.3, 0.4) is 0 Å². The first-order chi connectivity index (χ1) is 16.7. The highest BCUT2D eigenvalue weighted by Crippen LogP contribution is 2.40. The van der Waals surface area contributed by atoms with Gasteiger partial charge < -0.3 is 14.4 Å². The van der Waals surface area contributed by atoms with Crippen molar-refractivity contribution in [2.24, 2.45) is 0 Å². The van der Waals surface area contributed by atoms with Crippen LogP contribution in [0.25, 0.3) is 11.1 Å². The summed E-state index contributed by atoms with van der Waals surface area (Å²) in [6, 6.07) is 20.5. The summed E-state index contributed by atoms with van der Waals surface area (Å²) in [7, 11) is 3.93. The van der Waals surface area contributed by atoms with Gasteiger partial charge in [0.1, 0.15) is 24.2 Å². The molecule has 0 unspecified atom stereocenters. The molecule has 0 bridgehead atoms. The highest BCUT2D eigenvalue weighted by molar-refractivity contribution is 5.72. The molecule has 0 saturated heterocycles. The first-order valence-electron chi connectivity index (χ1n) is 12.3. The minimum Gasteiger partial charge on any atom is -0.496 e. The second-order valence-corrected chi connectivity index (χ2v) is 9.06. The van der Waals surface area contributed by atoms with E-state index in [0.29, 0.717) is 12.2 Å². The van der Waals surface area contributed by atoms with Gasteiger partial charge in [-0.15, -0.1) is 0 Å². The Labute approximate surface area is 203 Å². The number of nitriles is 1. The lowest BCUT2D eigenvalue weighted by molar-refractivity contribution is 0.295. The fourth-order valence-corrected chi connectivity index (χ4v) is 4.92. The van der Waals surface area contributed by atoms with Gasteiger partial charge in [-0.2, -0.15) is 5.26 Å². The van der Waals surface area contributed by atoms with Gasteiger partial charge in [-0.05, 0) is 61.5 Å². The van der Waals surface area contributed by atoms with Crippen LogP contribution in [-0.4, -0.2) is 25.6 Å². The number of ether oxygens (including phenoxy) is 2. The third-order valence-electron chi connectivity index (χ3n) is 6.71. The summed E-state index contributed by atoms with van der Waals surface area (Å²) in [4.78, 5) is 2.38. The Balaban J connectivity index is 1.61. The van der Waals surface area contributed by atoms with Gasteiger partial charge in [-0.25, -0.2) is 0 Å². The number of unbranched alkanes of at least 4 members (excludes halogenated alkanes) is 1. The lowest BCUT2D eigenvalue weighted by Crippen LogP contribution is -2.20. The molecule has 0 heterocycles. The highest BCUT2D eigenvalue weighted by atomic mass is 16.5. The molecule has 4 nitrogen and oxygen atoms in total. The largest absolute Gasteiger partial charge is 0.496 e. The van der Waals surface area contributed by atoms with Gasteiger partial charge in [-0.1, -0.05) is 61.9 Å². The molecule has 0 spiro atoms. The van der Waals surface area contributed by atoms with Gasteiger partial charge in [0.15, 0.2) is 0 Å². The predicted molar refractivity (Wildman–Crippen MR) is 137 cm³/mol. The van der Waals surface area contributed by atoms with Crippen LogP contribution in [0.15, 0.2) is 54.6 Å². The Hall–Kier alpha value is -3.29. The van der Waals surface area contributed by atoms with E-state index >= 15 is 0 Å². The number of nitrogens with zero attached hydrogens (tertiary/aromatic N) is 2. The number of rotatable bonds is 10. The van der Waals surface area contributed by atoms with Crippen molar-refractivity contribution in [3.05, 3.63) is 82.4 Å². The van der Waals surface area contributed by atoms with Crippen LogP contribution in [-0.2, 0) is 26.0 Å². The van der Waals surface area contributed by atoms with E-state index in [-0.39, 0.29) is 0 Å². The Kier molecular flexibility index (Phi) is 7.87. The maximum atomic E-state index is 9.95. The van der Waals surface area contributed by atoms with Crippen molar-refractivity contribution < 1.29 is 9.47 Å². The number of fused-ring (bicyclic) bond motifs is 1. The summed E-state index contributed by atoms with van der Waals surface area (Å²) in [5.74, 6) is 1.79. The summed E-state index contributed by atoms with van der Waals surface area (Å²) in [5, 5.41) is 9.95. The molecule has 1 aliphatic rings. The van der Waals surface area contributed by atoms with Crippen LogP contribution in [0.4, 0.5) is 0 Å². The molecule has 34 heavy (non-hydrogen) atoms. The zero-order valence-corrected chi connectivity index (χ0v) is 20.6. The van der Waals surface area contributed by atoms with Crippen LogP contribution in [0, 0.1) is 11.3 Å². The van der Waals surface area contributed by atoms with Crippen LogP contribution in [0.5, 0.6) is 11.5 Å². The van der Waals surface area contributed by atoms with E-state index < -0.39 is 0 Å². The molecule has 3 aromatic carbocycles. The molecule has 4 heteroatoms. The third kappa shape index (κ3) is 5.11. The Bertz CT molecular complexity index is 1160. The standard InChI is InChI=1S/C30H34N2O2/c1-4-5-17-32(2)20-28-25-15-10-16-26(25)30(18-29(28)33-3)34-21-23-13-9-14-24(27(23)19-31)22-11-7-6-8-12-22/h6-9,11-14,18H,4-5,10,15-17,20-21H2,1-3H3. The predicted octanol–water partition coefficient (Wildman–Crippen LogP) is 6.53. The Morgan fingerprint density at radius 1 is 1.00 bits per heavy atom. The first kappa shape index (κ1) is 23.9. The van der Waals surface area contributed by atoms with E-state index in [2.05, 4.69) is 31.0 Å². The summed E-state index contributed by atoms with van der Waals surface area (Å²) in [5.41, 5.74) is 7.54. The SMILES string of the molecule is CCCCN(C)Cc1c(OC)cc(OCc2cccc(-c3ccccc3)c2C#N)c2c1CCC2. The fourth-order valence-electron chi connectivity index (χ4n) is 4.92. The summed E-state index contributed by atoms with van der Waals surface area (Å²) < 4.78 is 12.2. The lowest BCUT2D eigenvalue weighted by atomic mass is 9.96. The summed E-state index contributed by atoms with van der Waals surface area (Å²) in [6.07, 6.45) is 5.62. The van der Waals surface area contributed by atoms with Crippen molar-refractivity contribution in [2.75, 3.05) is 20.7 Å². The minimum atomic E-state index is 0.356. The molecular formula is C30H34N2O2. The van der Waals surface area contributed by atoms with Crippen molar-refractivity contribution >= 4 is 0 Å². The third-order valence-corrected chi connectivity index (χ3v) is 6.71. The molecule has 0 amide bonds. The monoisotopic (exact) mass is 454 g/mol. The molecule has 0 aromatic heterocycles. The average molecular weight is 455 g/mol. The molecule has 0 atom stereocenters. The molecule has 4 rings (SSSR count). The number of hydrogen-bond donors (Lipinski definition) is 0. The Morgan fingerprint density at radius 3 is 2.53 bits per heavy atom. The van der Waals surface area contributed by atoms with E-state index in [1.807, 2.05) is 48.5 Å². The first-order valence-corrected chi connectivity index (χ1v) is 12.3. The van der Waals surface area contributed by atoms with Gasteiger partial charge >= 0.3 is 0 Å². The van der Waals surface area contributed by atoms with Crippen molar-refractivity contribution in [1.29, 1.82) is 5.26 Å². The molecule has 0 aliphatic heterocycles. The molecule has 0 fully saturated rings. The van der Waals surface area contributed by atoms with Crippen LogP contribution < -0.4 is 9.47 Å². The Morgan fingerprint density at radius 2 is 1.79 bits per heavy atom. The van der Waals surface area contributed by atoms with Gasteiger partial charge in [0.05, 0.1) is 12.7 Å². The lowest BCUT2D eigenvalue weighted by Gasteiger charge is -2.22. The molecular weight excluding hydrogens is 420 g/mol. The maximum absolute atomic E-state index is 9.95. The number of methoxy groups -OCH3 is 1. The molecule has 3 aromatic rings. The van der Waals surface area contributed by atoms with Crippen LogP contribution in [0.2, 0.25) is 0 Å². The van der Waals surface area contributed by atoms with E-state index in [1.54, 1.807) is 7.11 Å². The van der Waals surface area contributed by atoms with Gasteiger partial charge in [0.25, 0.3) is 0 Å². The van der Waals surface area contributed by atoms with E-state index in [4.69, 9.17) is 9.47 Å². The minimum absolute atomic E-state index is 0.356. The average Bonchev–Trinajstić information content (AvgIpc) is 3.37. The molecule has 0 radical (unpaired) electrons. The van der Waals surface area contributed by atoms with Crippen molar-refractivity contribution in [3.8, 4) is 28.7 Å². The zero-order valence-electron chi connectivity index (χ0n) is 20.6. The summed E-state index contributed by atoms with van der Waals surface area (Å²) >= 11 is 0. The topological polar surface area (TPSA) is 45.5 Å². The van der Waals surface area contributed by atoms with Crippen LogP contribution in [0.1, 0.15) is 54.0 Å². The van der Waals surface area contributed by atoms with Gasteiger partial charge in [0.2, 0.25) is 0 Å². The molecule has 0 N–H and O–H groups in total. The highest BCUT2D eigenvalue weighted by Gasteiger charge is 2.24. The van der Waals surface area contributed by atoms with Crippen molar-refractivity contribution in [1.82, 2.24) is 4.90 Å².